The van der Waals surface area contributed by atoms with Crippen LogP contribution in [0.4, 0.5) is 15.8 Å². The minimum atomic E-state index is -0.310. The topological polar surface area (TPSA) is 58.3 Å². The van der Waals surface area contributed by atoms with E-state index in [1.165, 1.54) is 6.07 Å². The molecule has 0 amide bonds. The Kier molecular flexibility index (Phi) is 3.73. The third kappa shape index (κ3) is 2.70. The van der Waals surface area contributed by atoms with Gasteiger partial charge >= 0.3 is 0 Å². The molecular formula is C8H10FIN2O. The van der Waals surface area contributed by atoms with Crippen LogP contribution >= 0.6 is 22.6 Å². The van der Waals surface area contributed by atoms with Crippen molar-refractivity contribution in [2.75, 3.05) is 24.2 Å². The fourth-order valence-corrected chi connectivity index (χ4v) is 1.40. The Morgan fingerprint density at radius 1 is 1.54 bits per heavy atom. The number of aliphatic hydroxyl groups excluding tert-OH is 1. The first-order valence-corrected chi connectivity index (χ1v) is 4.82. The van der Waals surface area contributed by atoms with Crippen molar-refractivity contribution in [3.8, 4) is 0 Å². The largest absolute Gasteiger partial charge is 0.397 e. The van der Waals surface area contributed by atoms with Crippen molar-refractivity contribution in [2.24, 2.45) is 0 Å². The summed E-state index contributed by atoms with van der Waals surface area (Å²) in [6.45, 7) is 0.358. The van der Waals surface area contributed by atoms with Crippen LogP contribution in [0, 0.1) is 9.39 Å². The van der Waals surface area contributed by atoms with E-state index in [2.05, 4.69) is 5.32 Å². The van der Waals surface area contributed by atoms with E-state index in [0.717, 1.165) is 0 Å². The van der Waals surface area contributed by atoms with Crippen molar-refractivity contribution in [3.63, 3.8) is 0 Å². The van der Waals surface area contributed by atoms with Gasteiger partial charge in [-0.25, -0.2) is 4.39 Å². The summed E-state index contributed by atoms with van der Waals surface area (Å²) in [4.78, 5) is 0. The number of aliphatic hydroxyl groups is 1. The molecule has 0 saturated heterocycles. The average Bonchev–Trinajstić information content (AvgIpc) is 2.09. The van der Waals surface area contributed by atoms with E-state index in [4.69, 9.17) is 10.8 Å². The maximum Gasteiger partial charge on any atom is 0.138 e. The summed E-state index contributed by atoms with van der Waals surface area (Å²) < 4.78 is 13.5. The van der Waals surface area contributed by atoms with Crippen molar-refractivity contribution in [1.29, 1.82) is 0 Å². The van der Waals surface area contributed by atoms with Crippen LogP contribution in [0.15, 0.2) is 12.1 Å². The standard InChI is InChI=1S/C8H10FIN2O/c9-5-3-8(12-1-2-13)7(11)4-6(5)10/h3-4,12-13H,1-2,11H2. The molecule has 0 atom stereocenters. The number of nitrogens with one attached hydrogen (secondary N) is 1. The van der Waals surface area contributed by atoms with Crippen LogP contribution in [0.1, 0.15) is 0 Å². The second-order valence-corrected chi connectivity index (χ2v) is 3.67. The van der Waals surface area contributed by atoms with Gasteiger partial charge in [-0.05, 0) is 28.7 Å². The van der Waals surface area contributed by atoms with Crippen molar-refractivity contribution >= 4 is 34.0 Å². The van der Waals surface area contributed by atoms with Crippen molar-refractivity contribution < 1.29 is 9.50 Å². The molecule has 0 aliphatic heterocycles. The summed E-state index contributed by atoms with van der Waals surface area (Å²) >= 11 is 1.87. The SMILES string of the molecule is Nc1cc(I)c(F)cc1NCCO. The quantitative estimate of drug-likeness (QED) is 0.584. The summed E-state index contributed by atoms with van der Waals surface area (Å²) in [5, 5.41) is 11.4. The first-order valence-electron chi connectivity index (χ1n) is 3.74. The first kappa shape index (κ1) is 10.5. The maximum absolute atomic E-state index is 13.0. The average molecular weight is 296 g/mol. The molecule has 0 saturated carbocycles. The number of rotatable bonds is 3. The third-order valence-electron chi connectivity index (χ3n) is 1.52. The Hall–Kier alpha value is -0.560. The number of hydrogen-bond donors (Lipinski definition) is 3. The molecule has 0 radical (unpaired) electrons. The number of hydrogen-bond acceptors (Lipinski definition) is 3. The summed E-state index contributed by atoms with van der Waals surface area (Å²) in [6, 6.07) is 2.88. The summed E-state index contributed by atoms with van der Waals surface area (Å²) in [5.74, 6) is -0.310. The number of anilines is 2. The zero-order valence-corrected chi connectivity index (χ0v) is 9.01. The van der Waals surface area contributed by atoms with E-state index in [1.807, 2.05) is 22.6 Å². The van der Waals surface area contributed by atoms with Gasteiger partial charge in [-0.1, -0.05) is 0 Å². The molecule has 0 aromatic heterocycles. The summed E-state index contributed by atoms with van der Waals surface area (Å²) in [7, 11) is 0. The highest BCUT2D eigenvalue weighted by Crippen LogP contribution is 2.23. The van der Waals surface area contributed by atoms with Gasteiger partial charge in [-0.15, -0.1) is 0 Å². The number of nitrogen functional groups attached to an aromatic ring is 1. The van der Waals surface area contributed by atoms with Crippen LogP contribution in [0.2, 0.25) is 0 Å². The fourth-order valence-electron chi connectivity index (χ4n) is 0.906. The summed E-state index contributed by atoms with van der Waals surface area (Å²) in [6.07, 6.45) is 0. The molecule has 1 rings (SSSR count). The molecule has 5 heteroatoms. The predicted molar refractivity (Wildman–Crippen MR) is 59.1 cm³/mol. The van der Waals surface area contributed by atoms with Gasteiger partial charge in [-0.2, -0.15) is 0 Å². The molecule has 0 spiro atoms. The molecular weight excluding hydrogens is 286 g/mol. The molecule has 4 N–H and O–H groups in total. The van der Waals surface area contributed by atoms with Crippen LogP contribution in [-0.2, 0) is 0 Å². The molecule has 72 valence electrons. The van der Waals surface area contributed by atoms with E-state index in [1.54, 1.807) is 6.07 Å². The fraction of sp³-hybridized carbons (Fsp3) is 0.250. The lowest BCUT2D eigenvalue weighted by Crippen LogP contribution is -2.08. The minimum absolute atomic E-state index is 0.00690. The smallest absolute Gasteiger partial charge is 0.138 e. The molecule has 13 heavy (non-hydrogen) atoms. The zero-order valence-electron chi connectivity index (χ0n) is 6.85. The highest BCUT2D eigenvalue weighted by Gasteiger charge is 2.04. The predicted octanol–water partition coefficient (Wildman–Crippen LogP) is 1.42. The van der Waals surface area contributed by atoms with Gasteiger partial charge in [0, 0.05) is 12.6 Å². The Morgan fingerprint density at radius 3 is 2.85 bits per heavy atom. The van der Waals surface area contributed by atoms with Gasteiger partial charge in [0.05, 0.1) is 21.6 Å². The number of nitrogens with two attached hydrogens (primary N) is 1. The first-order chi connectivity index (χ1) is 6.15. The van der Waals surface area contributed by atoms with Crippen LogP contribution in [-0.4, -0.2) is 18.3 Å². The van der Waals surface area contributed by atoms with Gasteiger partial charge < -0.3 is 16.2 Å². The lowest BCUT2D eigenvalue weighted by molar-refractivity contribution is 0.311. The van der Waals surface area contributed by atoms with E-state index >= 15 is 0 Å². The molecule has 0 aliphatic carbocycles. The monoisotopic (exact) mass is 296 g/mol. The Morgan fingerprint density at radius 2 is 2.23 bits per heavy atom. The van der Waals surface area contributed by atoms with Gasteiger partial charge in [0.2, 0.25) is 0 Å². The Bertz CT molecular complexity index is 306. The summed E-state index contributed by atoms with van der Waals surface area (Å²) in [5.41, 5.74) is 6.62. The van der Waals surface area contributed by atoms with Gasteiger partial charge in [0.1, 0.15) is 5.82 Å². The molecule has 1 aromatic carbocycles. The lowest BCUT2D eigenvalue weighted by atomic mass is 10.2. The number of benzene rings is 1. The molecule has 0 bridgehead atoms. The Balaban J connectivity index is 2.88. The van der Waals surface area contributed by atoms with E-state index in [9.17, 15) is 4.39 Å². The second kappa shape index (κ2) is 4.61. The van der Waals surface area contributed by atoms with Crippen molar-refractivity contribution in [2.45, 2.75) is 0 Å². The lowest BCUT2D eigenvalue weighted by Gasteiger charge is -2.08. The normalized spacial score (nSPS) is 10.1. The molecule has 3 nitrogen and oxygen atoms in total. The molecule has 0 heterocycles. The Labute approximate surface area is 89.3 Å². The minimum Gasteiger partial charge on any atom is -0.397 e. The van der Waals surface area contributed by atoms with Gasteiger partial charge in [0.15, 0.2) is 0 Å². The van der Waals surface area contributed by atoms with Gasteiger partial charge in [0.25, 0.3) is 0 Å². The van der Waals surface area contributed by atoms with Gasteiger partial charge in [-0.3, -0.25) is 0 Å². The second-order valence-electron chi connectivity index (χ2n) is 2.50. The van der Waals surface area contributed by atoms with Crippen LogP contribution < -0.4 is 11.1 Å². The maximum atomic E-state index is 13.0. The van der Waals surface area contributed by atoms with Crippen LogP contribution in [0.25, 0.3) is 0 Å². The molecule has 0 fully saturated rings. The van der Waals surface area contributed by atoms with E-state index in [0.29, 0.717) is 21.5 Å². The van der Waals surface area contributed by atoms with E-state index < -0.39 is 0 Å². The third-order valence-corrected chi connectivity index (χ3v) is 2.35. The van der Waals surface area contributed by atoms with E-state index in [-0.39, 0.29) is 12.4 Å². The molecule has 0 aliphatic rings. The highest BCUT2D eigenvalue weighted by atomic mass is 127. The van der Waals surface area contributed by atoms with Crippen molar-refractivity contribution in [1.82, 2.24) is 0 Å². The van der Waals surface area contributed by atoms with Crippen molar-refractivity contribution in [3.05, 3.63) is 21.5 Å². The molecule has 0 unspecified atom stereocenters. The zero-order chi connectivity index (χ0) is 9.84. The number of halogens is 2. The van der Waals surface area contributed by atoms with Crippen LogP contribution in [0.5, 0.6) is 0 Å². The highest BCUT2D eigenvalue weighted by molar-refractivity contribution is 14.1. The molecule has 1 aromatic rings. The van der Waals surface area contributed by atoms with Crippen LogP contribution in [0.3, 0.4) is 0 Å².